The van der Waals surface area contributed by atoms with Crippen LogP contribution in [0.15, 0.2) is 89.8 Å². The maximum atomic E-state index is 10.4. The fourth-order valence-electron chi connectivity index (χ4n) is 2.00. The van der Waals surface area contributed by atoms with Crippen LogP contribution in [-0.2, 0) is 10.1 Å². The summed E-state index contributed by atoms with van der Waals surface area (Å²) in [6.45, 7) is 1.82. The largest absolute Gasteiger partial charge is 0.744 e. The number of hydrogen-bond acceptors (Lipinski definition) is 3. The van der Waals surface area contributed by atoms with Crippen LogP contribution in [-0.4, -0.2) is 13.0 Å². The summed E-state index contributed by atoms with van der Waals surface area (Å²) in [4.78, 5) is -0.178. The van der Waals surface area contributed by atoms with Gasteiger partial charge < -0.3 is 4.55 Å². The Morgan fingerprint density at radius 2 is 1.12 bits per heavy atom. The van der Waals surface area contributed by atoms with Gasteiger partial charge >= 0.3 is 0 Å². The van der Waals surface area contributed by atoms with E-state index >= 15 is 0 Å². The summed E-state index contributed by atoms with van der Waals surface area (Å²) in [5.41, 5.74) is 0.928. The van der Waals surface area contributed by atoms with Gasteiger partial charge in [0.25, 0.3) is 0 Å². The van der Waals surface area contributed by atoms with Gasteiger partial charge in [-0.25, -0.2) is 8.42 Å². The predicted octanol–water partition coefficient (Wildman–Crippen LogP) is 2.95. The Morgan fingerprint density at radius 3 is 1.50 bits per heavy atom. The average molecular weight is 358 g/mol. The average Bonchev–Trinajstić information content (AvgIpc) is 2.57. The molecule has 24 heavy (non-hydrogen) atoms. The van der Waals surface area contributed by atoms with E-state index in [4.69, 9.17) is 0 Å². The molecule has 3 aromatic carbocycles. The molecule has 3 nitrogen and oxygen atoms in total. The summed E-state index contributed by atoms with van der Waals surface area (Å²) in [6.07, 6.45) is 0. The minimum Gasteiger partial charge on any atom is -0.744 e. The Hall–Kier alpha value is -2.00. The highest BCUT2D eigenvalue weighted by Crippen LogP contribution is 2.09. The Morgan fingerprint density at radius 1 is 0.708 bits per heavy atom. The van der Waals surface area contributed by atoms with Crippen molar-refractivity contribution in [1.82, 2.24) is 0 Å². The van der Waals surface area contributed by atoms with E-state index in [0.717, 1.165) is 5.56 Å². The second-order valence-corrected chi connectivity index (χ2v) is 8.23. The summed E-state index contributed by atoms with van der Waals surface area (Å²) < 4.78 is 31.2. The van der Waals surface area contributed by atoms with Crippen LogP contribution in [0, 0.1) is 6.92 Å². The standard InChI is InChI=1S/C12H11P.C7H8O3S/c1-3-7-11(8-4-1)13-12-9-5-2-6-10-12;1-6-2-4-7(5-3-6)11(8,9)10/h1-10,13H;2-5H,1H3,(H,8,9,10). The van der Waals surface area contributed by atoms with Gasteiger partial charge in [0.05, 0.1) is 24.1 Å². The van der Waals surface area contributed by atoms with Gasteiger partial charge in [0.15, 0.2) is 0 Å². The number of benzene rings is 3. The van der Waals surface area contributed by atoms with Crippen LogP contribution >= 0.6 is 8.58 Å². The lowest BCUT2D eigenvalue weighted by atomic mass is 10.2. The van der Waals surface area contributed by atoms with E-state index in [0.29, 0.717) is 0 Å². The number of hydrogen-bond donors (Lipinski definition) is 0. The molecule has 0 fully saturated rings. The third kappa shape index (κ3) is 6.25. The van der Waals surface area contributed by atoms with E-state index in [9.17, 15) is 13.0 Å². The molecule has 0 radical (unpaired) electrons. The second kappa shape index (κ2) is 8.74. The van der Waals surface area contributed by atoms with E-state index in [1.54, 1.807) is 12.1 Å². The van der Waals surface area contributed by atoms with Crippen LogP contribution in [0.1, 0.15) is 5.56 Å². The van der Waals surface area contributed by atoms with E-state index in [1.807, 2.05) is 6.92 Å². The van der Waals surface area contributed by atoms with Gasteiger partial charge in [-0.1, -0.05) is 54.1 Å². The van der Waals surface area contributed by atoms with Crippen LogP contribution in [0.25, 0.3) is 0 Å². The van der Waals surface area contributed by atoms with Crippen molar-refractivity contribution in [1.29, 1.82) is 0 Å². The molecule has 0 bridgehead atoms. The normalized spacial score (nSPS) is 10.6. The Labute approximate surface area is 144 Å². The minimum absolute atomic E-state index is 0.178. The maximum absolute atomic E-state index is 10.4. The highest BCUT2D eigenvalue weighted by Gasteiger charge is 2.00. The summed E-state index contributed by atoms with van der Waals surface area (Å²) in [5.74, 6) is 0. The van der Waals surface area contributed by atoms with Crippen LogP contribution in [0.3, 0.4) is 0 Å². The van der Waals surface area contributed by atoms with Gasteiger partial charge in [0, 0.05) is 0 Å². The molecule has 0 N–H and O–H groups in total. The summed E-state index contributed by atoms with van der Waals surface area (Å²) in [6, 6.07) is 27.1. The fourth-order valence-corrected chi connectivity index (χ4v) is 3.68. The molecule has 0 atom stereocenters. The van der Waals surface area contributed by atoms with Crippen molar-refractivity contribution in [2.75, 3.05) is 0 Å². The van der Waals surface area contributed by atoms with Crippen LogP contribution < -0.4 is 10.6 Å². The smallest absolute Gasteiger partial charge is 0.124 e. The maximum Gasteiger partial charge on any atom is 0.124 e. The number of aryl methyl sites for hydroxylation is 1. The van der Waals surface area contributed by atoms with Crippen LogP contribution in [0.4, 0.5) is 0 Å². The molecule has 0 aromatic heterocycles. The third-order valence-corrected chi connectivity index (χ3v) is 5.53. The van der Waals surface area contributed by atoms with E-state index < -0.39 is 10.1 Å². The molecular formula is C19H19O3PS. The van der Waals surface area contributed by atoms with Crippen LogP contribution in [0.5, 0.6) is 0 Å². The van der Waals surface area contributed by atoms with Gasteiger partial charge in [-0.05, 0) is 43.3 Å². The molecule has 0 aliphatic rings. The lowest BCUT2D eigenvalue weighted by molar-refractivity contribution is 0.463. The molecule has 0 saturated carbocycles. The SMILES string of the molecule is Cc1ccc(S(=O)(=O)[O-])cc1.c1ccc([PH2+]c2ccccc2)cc1. The zero-order chi connectivity index (χ0) is 17.4. The minimum atomic E-state index is -4.27. The molecule has 0 aliphatic carbocycles. The Balaban J connectivity index is 0.000000177. The van der Waals surface area contributed by atoms with Gasteiger partial charge in [-0.15, -0.1) is 0 Å². The van der Waals surface area contributed by atoms with Crippen molar-refractivity contribution >= 4 is 29.3 Å². The van der Waals surface area contributed by atoms with Gasteiger partial charge in [-0.3, -0.25) is 0 Å². The zero-order valence-electron chi connectivity index (χ0n) is 13.3. The molecular weight excluding hydrogens is 339 g/mol. The lowest BCUT2D eigenvalue weighted by Gasteiger charge is -2.05. The fraction of sp³-hybridized carbons (Fsp3) is 0.0526. The van der Waals surface area contributed by atoms with Gasteiger partial charge in [-0.2, -0.15) is 0 Å². The Bertz CT molecular complexity index is 809. The molecule has 0 aliphatic heterocycles. The van der Waals surface area contributed by atoms with Crippen molar-refractivity contribution in [2.45, 2.75) is 11.8 Å². The lowest BCUT2D eigenvalue weighted by Crippen LogP contribution is -2.01. The molecule has 3 aromatic rings. The van der Waals surface area contributed by atoms with E-state index in [1.165, 1.54) is 22.7 Å². The topological polar surface area (TPSA) is 57.2 Å². The zero-order valence-corrected chi connectivity index (χ0v) is 15.3. The molecule has 0 unspecified atom stereocenters. The molecule has 0 amide bonds. The monoisotopic (exact) mass is 358 g/mol. The summed E-state index contributed by atoms with van der Waals surface area (Å²) >= 11 is 0. The first-order chi connectivity index (χ1) is 11.4. The third-order valence-electron chi connectivity index (χ3n) is 3.24. The molecule has 5 heteroatoms. The first kappa shape index (κ1) is 18.3. The first-order valence-electron chi connectivity index (χ1n) is 7.42. The molecule has 0 heterocycles. The van der Waals surface area contributed by atoms with Crippen molar-refractivity contribution in [3.8, 4) is 0 Å². The van der Waals surface area contributed by atoms with Crippen molar-refractivity contribution < 1.29 is 13.0 Å². The quantitative estimate of drug-likeness (QED) is 0.534. The molecule has 0 spiro atoms. The predicted molar refractivity (Wildman–Crippen MR) is 101 cm³/mol. The van der Waals surface area contributed by atoms with Crippen molar-refractivity contribution in [3.63, 3.8) is 0 Å². The van der Waals surface area contributed by atoms with E-state index in [2.05, 4.69) is 60.7 Å². The van der Waals surface area contributed by atoms with Crippen LogP contribution in [0.2, 0.25) is 0 Å². The summed E-state index contributed by atoms with van der Waals surface area (Å²) in [7, 11) is -4.00. The van der Waals surface area contributed by atoms with Gasteiger partial charge in [0.2, 0.25) is 0 Å². The first-order valence-corrected chi connectivity index (χ1v) is 9.99. The van der Waals surface area contributed by atoms with E-state index in [-0.39, 0.29) is 13.5 Å². The number of rotatable bonds is 3. The highest BCUT2D eigenvalue weighted by molar-refractivity contribution is 7.85. The molecule has 0 saturated heterocycles. The molecule has 3 rings (SSSR count). The summed E-state index contributed by atoms with van der Waals surface area (Å²) in [5, 5.41) is 2.90. The van der Waals surface area contributed by atoms with Crippen molar-refractivity contribution in [2.24, 2.45) is 0 Å². The highest BCUT2D eigenvalue weighted by atomic mass is 32.2. The molecule has 124 valence electrons. The van der Waals surface area contributed by atoms with Crippen molar-refractivity contribution in [3.05, 3.63) is 90.5 Å². The van der Waals surface area contributed by atoms with Gasteiger partial charge in [0.1, 0.15) is 10.1 Å². The Kier molecular flexibility index (Phi) is 6.68. The second-order valence-electron chi connectivity index (χ2n) is 5.23.